The van der Waals surface area contributed by atoms with Gasteiger partial charge in [-0.2, -0.15) is 0 Å². The van der Waals surface area contributed by atoms with Gasteiger partial charge in [-0.05, 0) is 13.8 Å². The van der Waals surface area contributed by atoms with Crippen LogP contribution < -0.4 is 0 Å². The highest BCUT2D eigenvalue weighted by Gasteiger charge is 2.33. The van der Waals surface area contributed by atoms with E-state index in [2.05, 4.69) is 18.7 Å². The lowest BCUT2D eigenvalue weighted by molar-refractivity contribution is 0.0553. The third kappa shape index (κ3) is 1.97. The maximum atomic E-state index is 9.06. The van der Waals surface area contributed by atoms with Crippen LogP contribution in [0.2, 0.25) is 0 Å². The van der Waals surface area contributed by atoms with E-state index < -0.39 is 0 Å². The number of hydrogen-bond donors (Lipinski definition) is 1. The van der Waals surface area contributed by atoms with Crippen molar-refractivity contribution >= 4 is 0 Å². The van der Waals surface area contributed by atoms with Crippen molar-refractivity contribution in [3.63, 3.8) is 0 Å². The molecule has 1 N–H and O–H groups in total. The summed E-state index contributed by atoms with van der Waals surface area (Å²) >= 11 is 0. The normalized spacial score (nSPS) is 31.8. The van der Waals surface area contributed by atoms with Crippen molar-refractivity contribution < 1.29 is 9.84 Å². The zero-order chi connectivity index (χ0) is 9.14. The van der Waals surface area contributed by atoms with Crippen LogP contribution >= 0.6 is 0 Å². The first kappa shape index (κ1) is 9.96. The first-order valence-corrected chi connectivity index (χ1v) is 4.56. The number of ether oxygens (including phenoxy) is 1. The van der Waals surface area contributed by atoms with Gasteiger partial charge in [-0.1, -0.05) is 0 Å². The number of likely N-dealkylation sites (tertiary alicyclic amines) is 1. The first-order valence-electron chi connectivity index (χ1n) is 4.56. The summed E-state index contributed by atoms with van der Waals surface area (Å²) in [6, 6.07) is 0.555. The Hall–Kier alpha value is -0.120. The van der Waals surface area contributed by atoms with Crippen LogP contribution in [0.5, 0.6) is 0 Å². The first-order chi connectivity index (χ1) is 5.69. The molecule has 0 bridgehead atoms. The highest BCUT2D eigenvalue weighted by Crippen LogP contribution is 2.20. The zero-order valence-electron chi connectivity index (χ0n) is 8.16. The van der Waals surface area contributed by atoms with E-state index >= 15 is 0 Å². The summed E-state index contributed by atoms with van der Waals surface area (Å²) in [5.74, 6) is 0.303. The van der Waals surface area contributed by atoms with E-state index in [4.69, 9.17) is 9.84 Å². The molecule has 2 atom stereocenters. The van der Waals surface area contributed by atoms with E-state index in [0.717, 1.165) is 13.1 Å². The van der Waals surface area contributed by atoms with E-state index in [-0.39, 0.29) is 12.7 Å². The number of hydrogen-bond acceptors (Lipinski definition) is 3. The quantitative estimate of drug-likeness (QED) is 0.668. The van der Waals surface area contributed by atoms with Crippen LogP contribution in [0, 0.1) is 5.92 Å². The number of nitrogens with zero attached hydrogens (tertiary/aromatic N) is 1. The molecule has 1 aliphatic heterocycles. The topological polar surface area (TPSA) is 32.7 Å². The van der Waals surface area contributed by atoms with Gasteiger partial charge in [-0.15, -0.1) is 0 Å². The molecule has 0 spiro atoms. The molecule has 0 radical (unpaired) electrons. The van der Waals surface area contributed by atoms with Crippen molar-refractivity contribution in [2.75, 3.05) is 26.8 Å². The Bertz CT molecular complexity index is 126. The molecular weight excluding hydrogens is 154 g/mol. The molecule has 1 saturated heterocycles. The minimum atomic E-state index is 0.220. The van der Waals surface area contributed by atoms with E-state index in [1.165, 1.54) is 0 Å². The molecule has 72 valence electrons. The van der Waals surface area contributed by atoms with Gasteiger partial charge in [0.15, 0.2) is 0 Å². The molecule has 0 unspecified atom stereocenters. The van der Waals surface area contributed by atoms with Gasteiger partial charge < -0.3 is 9.84 Å². The summed E-state index contributed by atoms with van der Waals surface area (Å²) in [6.07, 6.45) is 0.220. The Morgan fingerprint density at radius 3 is 2.50 bits per heavy atom. The molecular formula is C9H19NO2. The summed E-state index contributed by atoms with van der Waals surface area (Å²) in [6.45, 7) is 6.51. The third-order valence-corrected chi connectivity index (χ3v) is 2.68. The van der Waals surface area contributed by atoms with Crippen LogP contribution in [0.25, 0.3) is 0 Å². The predicted molar refractivity (Wildman–Crippen MR) is 48.1 cm³/mol. The molecule has 0 aromatic heterocycles. The zero-order valence-corrected chi connectivity index (χ0v) is 8.16. The number of aliphatic hydroxyl groups excluding tert-OH is 1. The molecule has 1 rings (SSSR count). The fourth-order valence-electron chi connectivity index (χ4n) is 1.74. The van der Waals surface area contributed by atoms with Crippen molar-refractivity contribution in [1.29, 1.82) is 0 Å². The lowest BCUT2D eigenvalue weighted by atomic mass is 10.1. The molecule has 0 aromatic carbocycles. The van der Waals surface area contributed by atoms with Gasteiger partial charge >= 0.3 is 0 Å². The Labute approximate surface area is 74.3 Å². The van der Waals surface area contributed by atoms with Gasteiger partial charge in [-0.25, -0.2) is 0 Å². The Balaban J connectivity index is 2.47. The summed E-state index contributed by atoms with van der Waals surface area (Å²) in [5.41, 5.74) is 0. The summed E-state index contributed by atoms with van der Waals surface area (Å²) in [4.78, 5) is 2.34. The van der Waals surface area contributed by atoms with Crippen LogP contribution in [0.1, 0.15) is 13.8 Å². The molecule has 1 aliphatic rings. The van der Waals surface area contributed by atoms with Gasteiger partial charge in [0.2, 0.25) is 0 Å². The highest BCUT2D eigenvalue weighted by atomic mass is 16.5. The second-order valence-corrected chi connectivity index (χ2v) is 3.76. The van der Waals surface area contributed by atoms with E-state index in [9.17, 15) is 0 Å². The number of methoxy groups -OCH3 is 1. The summed E-state index contributed by atoms with van der Waals surface area (Å²) in [5, 5.41) is 9.06. The predicted octanol–water partition coefficient (Wildman–Crippen LogP) is 0.334. The molecule has 12 heavy (non-hydrogen) atoms. The second kappa shape index (κ2) is 4.21. The minimum Gasteiger partial charge on any atom is -0.396 e. The minimum absolute atomic E-state index is 0.220. The lowest BCUT2D eigenvalue weighted by Crippen LogP contribution is -2.29. The monoisotopic (exact) mass is 173 g/mol. The van der Waals surface area contributed by atoms with Crippen molar-refractivity contribution in [2.45, 2.75) is 26.0 Å². The van der Waals surface area contributed by atoms with Crippen LogP contribution in [-0.4, -0.2) is 49.0 Å². The van der Waals surface area contributed by atoms with Gasteiger partial charge in [0, 0.05) is 38.8 Å². The molecule has 3 heteroatoms. The highest BCUT2D eigenvalue weighted by molar-refractivity contribution is 4.85. The van der Waals surface area contributed by atoms with Crippen molar-refractivity contribution in [3.8, 4) is 0 Å². The summed E-state index contributed by atoms with van der Waals surface area (Å²) in [7, 11) is 1.72. The van der Waals surface area contributed by atoms with E-state index in [1.54, 1.807) is 7.11 Å². The van der Waals surface area contributed by atoms with Gasteiger partial charge in [0.1, 0.15) is 0 Å². The fourth-order valence-corrected chi connectivity index (χ4v) is 1.74. The summed E-state index contributed by atoms with van der Waals surface area (Å²) < 4.78 is 5.29. The largest absolute Gasteiger partial charge is 0.396 e. The van der Waals surface area contributed by atoms with Crippen LogP contribution in [0.15, 0.2) is 0 Å². The molecule has 0 aromatic rings. The Kier molecular flexibility index (Phi) is 3.50. The maximum absolute atomic E-state index is 9.06. The van der Waals surface area contributed by atoms with E-state index in [0.29, 0.717) is 12.0 Å². The lowest BCUT2D eigenvalue weighted by Gasteiger charge is -2.19. The molecule has 0 saturated carbocycles. The van der Waals surface area contributed by atoms with Crippen molar-refractivity contribution in [2.24, 2.45) is 5.92 Å². The SMILES string of the molecule is CO[C@H]1CN(C(C)C)C[C@H]1CO. The van der Waals surface area contributed by atoms with Gasteiger partial charge in [-0.3, -0.25) is 4.90 Å². The van der Waals surface area contributed by atoms with Gasteiger partial charge in [0.05, 0.1) is 6.10 Å². The third-order valence-electron chi connectivity index (χ3n) is 2.68. The standard InChI is InChI=1S/C9H19NO2/c1-7(2)10-4-8(6-11)9(5-10)12-3/h7-9,11H,4-6H2,1-3H3/t8-,9-/m0/s1. The van der Waals surface area contributed by atoms with Gasteiger partial charge in [0.25, 0.3) is 0 Å². The molecule has 3 nitrogen and oxygen atoms in total. The molecule has 1 heterocycles. The Morgan fingerprint density at radius 2 is 2.17 bits per heavy atom. The average molecular weight is 173 g/mol. The molecule has 1 fully saturated rings. The number of aliphatic hydroxyl groups is 1. The Morgan fingerprint density at radius 1 is 1.50 bits per heavy atom. The number of rotatable bonds is 3. The van der Waals surface area contributed by atoms with Crippen molar-refractivity contribution in [3.05, 3.63) is 0 Å². The van der Waals surface area contributed by atoms with E-state index in [1.807, 2.05) is 0 Å². The second-order valence-electron chi connectivity index (χ2n) is 3.76. The van der Waals surface area contributed by atoms with Crippen LogP contribution in [0.4, 0.5) is 0 Å². The molecule has 0 aliphatic carbocycles. The average Bonchev–Trinajstić information content (AvgIpc) is 2.46. The maximum Gasteiger partial charge on any atom is 0.0760 e. The van der Waals surface area contributed by atoms with Crippen LogP contribution in [-0.2, 0) is 4.74 Å². The molecule has 0 amide bonds. The van der Waals surface area contributed by atoms with Crippen molar-refractivity contribution in [1.82, 2.24) is 4.90 Å². The fraction of sp³-hybridized carbons (Fsp3) is 1.00. The van der Waals surface area contributed by atoms with Crippen LogP contribution in [0.3, 0.4) is 0 Å². The smallest absolute Gasteiger partial charge is 0.0760 e.